The Labute approximate surface area is 206 Å². The van der Waals surface area contributed by atoms with Gasteiger partial charge in [0, 0.05) is 16.8 Å². The molecule has 0 bridgehead atoms. The van der Waals surface area contributed by atoms with E-state index in [1.807, 2.05) is 30.3 Å². The zero-order valence-corrected chi connectivity index (χ0v) is 19.4. The number of anilines is 2. The third-order valence-corrected chi connectivity index (χ3v) is 5.98. The zero-order valence-electron chi connectivity index (χ0n) is 19.4. The fourth-order valence-electron chi connectivity index (χ4n) is 4.25. The van der Waals surface area contributed by atoms with E-state index < -0.39 is 0 Å². The zero-order chi connectivity index (χ0) is 25.2. The first kappa shape index (κ1) is 23.0. The molecule has 1 heterocycles. The summed E-state index contributed by atoms with van der Waals surface area (Å²) in [7, 11) is 1.59. The number of H-pyrrole nitrogens is 1. The molecular formula is C27H23N5O4. The number of amides is 2. The van der Waals surface area contributed by atoms with Crippen molar-refractivity contribution in [2.75, 3.05) is 24.3 Å². The van der Waals surface area contributed by atoms with Crippen LogP contribution in [-0.4, -0.2) is 41.4 Å². The molecule has 3 aromatic carbocycles. The Balaban J connectivity index is 1.35. The number of rotatable bonds is 7. The second kappa shape index (κ2) is 9.47. The number of nitrogens with one attached hydrogen (secondary N) is 3. The largest absolute Gasteiger partial charge is 0.497 e. The summed E-state index contributed by atoms with van der Waals surface area (Å²) >= 11 is 0. The van der Waals surface area contributed by atoms with E-state index in [2.05, 4.69) is 20.8 Å². The van der Waals surface area contributed by atoms with Gasteiger partial charge in [0.25, 0.3) is 0 Å². The van der Waals surface area contributed by atoms with E-state index in [9.17, 15) is 14.4 Å². The van der Waals surface area contributed by atoms with E-state index in [0.717, 1.165) is 11.1 Å². The van der Waals surface area contributed by atoms with Gasteiger partial charge in [-0.2, -0.15) is 5.10 Å². The summed E-state index contributed by atoms with van der Waals surface area (Å²) in [6, 6.07) is 19.6. The fraction of sp³-hybridized carbons (Fsp3) is 0.111. The number of aromatic nitrogens is 2. The Morgan fingerprint density at radius 2 is 1.69 bits per heavy atom. The molecule has 2 amide bonds. The minimum absolute atomic E-state index is 0.104. The second-order valence-corrected chi connectivity index (χ2v) is 8.28. The quantitative estimate of drug-likeness (QED) is 0.281. The summed E-state index contributed by atoms with van der Waals surface area (Å²) < 4.78 is 5.22. The van der Waals surface area contributed by atoms with E-state index in [1.165, 1.54) is 0 Å². The van der Waals surface area contributed by atoms with Crippen molar-refractivity contribution in [3.8, 4) is 28.3 Å². The fourth-order valence-corrected chi connectivity index (χ4v) is 4.25. The summed E-state index contributed by atoms with van der Waals surface area (Å²) in [5.74, 6) is -0.0479. The molecule has 1 aromatic heterocycles. The monoisotopic (exact) mass is 481 g/mol. The van der Waals surface area contributed by atoms with Gasteiger partial charge in [-0.05, 0) is 48.0 Å². The van der Waals surface area contributed by atoms with Gasteiger partial charge in [-0.3, -0.25) is 19.5 Å². The van der Waals surface area contributed by atoms with Crippen molar-refractivity contribution in [2.24, 2.45) is 5.73 Å². The van der Waals surface area contributed by atoms with Crippen molar-refractivity contribution < 1.29 is 19.1 Å². The molecule has 5 rings (SSSR count). The van der Waals surface area contributed by atoms with Gasteiger partial charge >= 0.3 is 0 Å². The molecule has 0 unspecified atom stereocenters. The Hall–Kier alpha value is -4.76. The van der Waals surface area contributed by atoms with Crippen molar-refractivity contribution in [1.82, 2.24) is 10.2 Å². The number of methoxy groups -OCH3 is 1. The van der Waals surface area contributed by atoms with Crippen LogP contribution < -0.4 is 21.1 Å². The maximum absolute atomic E-state index is 13.5. The summed E-state index contributed by atoms with van der Waals surface area (Å²) in [5, 5.41) is 12.9. The number of carbonyl (C=O) groups is 3. The summed E-state index contributed by atoms with van der Waals surface area (Å²) in [4.78, 5) is 37.7. The second-order valence-electron chi connectivity index (χ2n) is 8.28. The lowest BCUT2D eigenvalue weighted by Gasteiger charge is -2.10. The van der Waals surface area contributed by atoms with Gasteiger partial charge in [0.1, 0.15) is 11.4 Å². The van der Waals surface area contributed by atoms with Crippen LogP contribution in [-0.2, 0) is 16.0 Å². The molecule has 0 aliphatic heterocycles. The maximum atomic E-state index is 13.5. The molecule has 1 aliphatic carbocycles. The lowest BCUT2D eigenvalue weighted by atomic mass is 10.0. The summed E-state index contributed by atoms with van der Waals surface area (Å²) in [5.41, 5.74) is 10.7. The number of hydrogen-bond acceptors (Lipinski definition) is 6. The smallest absolute Gasteiger partial charge is 0.238 e. The van der Waals surface area contributed by atoms with Crippen molar-refractivity contribution in [1.29, 1.82) is 0 Å². The molecule has 9 heteroatoms. The average Bonchev–Trinajstić information content (AvgIpc) is 3.45. The number of ether oxygens (including phenoxy) is 1. The molecule has 0 spiro atoms. The molecule has 0 saturated carbocycles. The molecule has 0 saturated heterocycles. The van der Waals surface area contributed by atoms with Gasteiger partial charge in [-0.1, -0.05) is 24.3 Å². The predicted molar refractivity (Wildman–Crippen MR) is 136 cm³/mol. The van der Waals surface area contributed by atoms with Crippen molar-refractivity contribution >= 4 is 29.0 Å². The molecule has 36 heavy (non-hydrogen) atoms. The van der Waals surface area contributed by atoms with Crippen LogP contribution in [0.5, 0.6) is 5.75 Å². The summed E-state index contributed by atoms with van der Waals surface area (Å²) in [6.45, 7) is -0.106. The van der Waals surface area contributed by atoms with Crippen LogP contribution in [0.4, 0.5) is 11.4 Å². The van der Waals surface area contributed by atoms with Gasteiger partial charge < -0.3 is 21.1 Å². The highest BCUT2D eigenvalue weighted by Crippen LogP contribution is 2.43. The van der Waals surface area contributed by atoms with Crippen LogP contribution in [0.1, 0.15) is 21.5 Å². The number of nitrogens with zero attached hydrogens (tertiary/aromatic N) is 1. The standard InChI is InChI=1S/C27H23N5O4/c1-36-18-11-7-16(8-12-18)25-24-26(32-31-25)19-3-2-4-20(23(19)27(24)35)30-21(33)13-15-5-9-17(10-6-15)29-22(34)14-28/h2-12H,13-14,28H2,1H3,(H,29,34)(H,30,33)(H,31,32). The molecule has 4 aromatic rings. The van der Waals surface area contributed by atoms with E-state index in [-0.39, 0.29) is 30.6 Å². The van der Waals surface area contributed by atoms with Gasteiger partial charge in [0.2, 0.25) is 11.8 Å². The van der Waals surface area contributed by atoms with E-state index >= 15 is 0 Å². The molecule has 180 valence electrons. The number of carbonyl (C=O) groups excluding carboxylic acids is 3. The molecule has 9 nitrogen and oxygen atoms in total. The van der Waals surface area contributed by atoms with Gasteiger partial charge in [0.15, 0.2) is 5.78 Å². The van der Waals surface area contributed by atoms with Crippen molar-refractivity contribution in [2.45, 2.75) is 6.42 Å². The lowest BCUT2D eigenvalue weighted by Crippen LogP contribution is -2.21. The van der Waals surface area contributed by atoms with Crippen LogP contribution in [0, 0.1) is 0 Å². The molecule has 0 radical (unpaired) electrons. The number of aromatic amines is 1. The minimum Gasteiger partial charge on any atom is -0.497 e. The minimum atomic E-state index is -0.293. The molecule has 5 N–H and O–H groups in total. The maximum Gasteiger partial charge on any atom is 0.238 e. The van der Waals surface area contributed by atoms with Crippen LogP contribution in [0.25, 0.3) is 22.5 Å². The number of benzene rings is 3. The lowest BCUT2D eigenvalue weighted by molar-refractivity contribution is -0.116. The molecule has 0 atom stereocenters. The van der Waals surface area contributed by atoms with Crippen molar-refractivity contribution in [3.05, 3.63) is 83.4 Å². The van der Waals surface area contributed by atoms with E-state index in [0.29, 0.717) is 45.2 Å². The van der Waals surface area contributed by atoms with E-state index in [1.54, 1.807) is 43.5 Å². The normalized spacial score (nSPS) is 11.6. The predicted octanol–water partition coefficient (Wildman–Crippen LogP) is 3.38. The van der Waals surface area contributed by atoms with Crippen molar-refractivity contribution in [3.63, 3.8) is 0 Å². The average molecular weight is 482 g/mol. The van der Waals surface area contributed by atoms with E-state index in [4.69, 9.17) is 10.5 Å². The van der Waals surface area contributed by atoms with Crippen LogP contribution in [0.15, 0.2) is 66.7 Å². The third-order valence-electron chi connectivity index (χ3n) is 5.98. The topological polar surface area (TPSA) is 139 Å². The van der Waals surface area contributed by atoms with Gasteiger partial charge in [-0.25, -0.2) is 0 Å². The number of ketones is 1. The Morgan fingerprint density at radius 3 is 2.39 bits per heavy atom. The molecule has 1 aliphatic rings. The van der Waals surface area contributed by atoms with Crippen LogP contribution in [0.2, 0.25) is 0 Å². The SMILES string of the molecule is COc1ccc(-c2n[nH]c3c2C(=O)c2c(NC(=O)Cc4ccc(NC(=O)CN)cc4)cccc2-3)cc1. The Kier molecular flexibility index (Phi) is 6.05. The highest BCUT2D eigenvalue weighted by atomic mass is 16.5. The number of hydrogen-bond donors (Lipinski definition) is 4. The highest BCUT2D eigenvalue weighted by molar-refractivity contribution is 6.27. The Bertz CT molecular complexity index is 1470. The first-order chi connectivity index (χ1) is 17.5. The van der Waals surface area contributed by atoms with Gasteiger partial charge in [-0.15, -0.1) is 0 Å². The Morgan fingerprint density at radius 1 is 0.944 bits per heavy atom. The van der Waals surface area contributed by atoms with Gasteiger partial charge in [0.05, 0.1) is 42.6 Å². The first-order valence-electron chi connectivity index (χ1n) is 11.3. The first-order valence-corrected chi connectivity index (χ1v) is 11.3. The number of nitrogens with two attached hydrogens (primary N) is 1. The van der Waals surface area contributed by atoms with Crippen LogP contribution in [0.3, 0.4) is 0 Å². The summed E-state index contributed by atoms with van der Waals surface area (Å²) in [6.07, 6.45) is 0.104. The molecule has 0 fully saturated rings. The third kappa shape index (κ3) is 4.23. The number of fused-ring (bicyclic) bond motifs is 3. The van der Waals surface area contributed by atoms with Crippen LogP contribution >= 0.6 is 0 Å². The molecular weight excluding hydrogens is 458 g/mol. The highest BCUT2D eigenvalue weighted by Gasteiger charge is 2.35.